The summed E-state index contributed by atoms with van der Waals surface area (Å²) < 4.78 is 0. The zero-order chi connectivity index (χ0) is 23.8. The number of nitrogens with one attached hydrogen (secondary N) is 3. The first-order valence-electron chi connectivity index (χ1n) is 11.1. The first-order chi connectivity index (χ1) is 15.7. The molecule has 2 aromatic rings. The van der Waals surface area contributed by atoms with Crippen molar-refractivity contribution < 1.29 is 14.4 Å². The largest absolute Gasteiger partial charge is 0.353 e. The molecule has 0 saturated carbocycles. The quantitative estimate of drug-likeness (QED) is 0.624. The second kappa shape index (κ2) is 10.8. The first kappa shape index (κ1) is 24.0. The fraction of sp³-hybridized carbons (Fsp3) is 0.417. The van der Waals surface area contributed by atoms with E-state index in [2.05, 4.69) is 25.8 Å². The van der Waals surface area contributed by atoms with Crippen LogP contribution in [-0.4, -0.2) is 66.0 Å². The number of hydrogen-bond donors (Lipinski definition) is 3. The second-order valence-electron chi connectivity index (χ2n) is 8.97. The van der Waals surface area contributed by atoms with Crippen molar-refractivity contribution in [2.75, 3.05) is 42.9 Å². The molecule has 1 saturated heterocycles. The van der Waals surface area contributed by atoms with Gasteiger partial charge in [0.25, 0.3) is 5.91 Å². The van der Waals surface area contributed by atoms with Crippen molar-refractivity contribution in [3.8, 4) is 0 Å². The predicted molar refractivity (Wildman–Crippen MR) is 128 cm³/mol. The van der Waals surface area contributed by atoms with E-state index in [4.69, 9.17) is 0 Å². The van der Waals surface area contributed by atoms with Crippen LogP contribution in [0.1, 0.15) is 37.6 Å². The van der Waals surface area contributed by atoms with Crippen molar-refractivity contribution >= 4 is 29.4 Å². The summed E-state index contributed by atoms with van der Waals surface area (Å²) >= 11 is 0. The van der Waals surface area contributed by atoms with Gasteiger partial charge in [-0.25, -0.2) is 9.78 Å². The molecule has 1 aromatic carbocycles. The van der Waals surface area contributed by atoms with Crippen LogP contribution in [0.5, 0.6) is 0 Å². The minimum Gasteiger partial charge on any atom is -0.353 e. The fourth-order valence-corrected chi connectivity index (χ4v) is 3.46. The van der Waals surface area contributed by atoms with Crippen molar-refractivity contribution in [1.29, 1.82) is 0 Å². The summed E-state index contributed by atoms with van der Waals surface area (Å²) in [5.74, 6) is 0.772. The van der Waals surface area contributed by atoms with Gasteiger partial charge in [0.15, 0.2) is 0 Å². The molecule has 1 fully saturated rings. The van der Waals surface area contributed by atoms with Gasteiger partial charge in [-0.3, -0.25) is 9.59 Å². The molecule has 0 radical (unpaired) electrons. The number of pyridine rings is 1. The number of piperazine rings is 1. The third-order valence-electron chi connectivity index (χ3n) is 5.12. The zero-order valence-corrected chi connectivity index (χ0v) is 19.4. The highest BCUT2D eigenvalue weighted by Gasteiger charge is 2.21. The summed E-state index contributed by atoms with van der Waals surface area (Å²) in [6.45, 7) is 8.74. The normalized spacial score (nSPS) is 13.9. The zero-order valence-electron chi connectivity index (χ0n) is 19.4. The average Bonchev–Trinajstić information content (AvgIpc) is 2.79. The highest BCUT2D eigenvalue weighted by Crippen LogP contribution is 2.13. The lowest BCUT2D eigenvalue weighted by atomic mass is 10.1. The first-order valence-corrected chi connectivity index (χ1v) is 11.1. The fourth-order valence-electron chi connectivity index (χ4n) is 3.46. The summed E-state index contributed by atoms with van der Waals surface area (Å²) in [4.78, 5) is 45.1. The Labute approximate surface area is 194 Å². The number of benzene rings is 1. The van der Waals surface area contributed by atoms with Crippen LogP contribution < -0.4 is 20.9 Å². The van der Waals surface area contributed by atoms with Crippen molar-refractivity contribution in [3.05, 3.63) is 54.2 Å². The standard InChI is InChI=1S/C24H32N6O3/c1-24(2,3)28-22(32)18-7-9-19(10-8-18)27-23(33)26-13-11-21(31)30-16-14-29(15-17-30)20-6-4-5-12-25-20/h4-10,12H,11,13-17H2,1-3H3,(H,28,32)(H2,26,27,33). The number of hydrogen-bond acceptors (Lipinski definition) is 5. The lowest BCUT2D eigenvalue weighted by molar-refractivity contribution is -0.131. The van der Waals surface area contributed by atoms with E-state index in [1.807, 2.05) is 43.9 Å². The smallest absolute Gasteiger partial charge is 0.319 e. The van der Waals surface area contributed by atoms with Crippen LogP contribution in [0.3, 0.4) is 0 Å². The average molecular weight is 453 g/mol. The molecule has 3 rings (SSSR count). The number of rotatable bonds is 6. The maximum atomic E-state index is 12.5. The number of urea groups is 1. The molecule has 1 aliphatic rings. The number of anilines is 2. The monoisotopic (exact) mass is 452 g/mol. The van der Waals surface area contributed by atoms with Crippen molar-refractivity contribution in [2.24, 2.45) is 0 Å². The number of carbonyl (C=O) groups excluding carboxylic acids is 3. The topological polar surface area (TPSA) is 107 Å². The van der Waals surface area contributed by atoms with Gasteiger partial charge in [0, 0.05) is 62.1 Å². The lowest BCUT2D eigenvalue weighted by Gasteiger charge is -2.35. The molecular formula is C24H32N6O3. The van der Waals surface area contributed by atoms with Crippen LogP contribution in [0.15, 0.2) is 48.7 Å². The Morgan fingerprint density at radius 3 is 2.27 bits per heavy atom. The Morgan fingerprint density at radius 1 is 0.970 bits per heavy atom. The molecule has 0 atom stereocenters. The molecule has 1 aliphatic heterocycles. The molecule has 33 heavy (non-hydrogen) atoms. The number of carbonyl (C=O) groups is 3. The highest BCUT2D eigenvalue weighted by atomic mass is 16.2. The number of nitrogens with zero attached hydrogens (tertiary/aromatic N) is 3. The third-order valence-corrected chi connectivity index (χ3v) is 5.12. The Kier molecular flexibility index (Phi) is 7.87. The maximum absolute atomic E-state index is 12.5. The molecule has 0 unspecified atom stereocenters. The molecule has 9 heteroatoms. The summed E-state index contributed by atoms with van der Waals surface area (Å²) in [7, 11) is 0. The summed E-state index contributed by atoms with van der Waals surface area (Å²) in [5, 5.41) is 8.31. The van der Waals surface area contributed by atoms with Crippen LogP contribution in [0.2, 0.25) is 0 Å². The Bertz CT molecular complexity index is 948. The molecule has 4 amide bonds. The predicted octanol–water partition coefficient (Wildman–Crippen LogP) is 2.47. The summed E-state index contributed by atoms with van der Waals surface area (Å²) in [6.07, 6.45) is 2.00. The van der Waals surface area contributed by atoms with Gasteiger partial charge in [-0.2, -0.15) is 0 Å². The van der Waals surface area contributed by atoms with E-state index >= 15 is 0 Å². The van der Waals surface area contributed by atoms with Gasteiger partial charge in [-0.15, -0.1) is 0 Å². The van der Waals surface area contributed by atoms with Crippen molar-refractivity contribution in [2.45, 2.75) is 32.7 Å². The summed E-state index contributed by atoms with van der Waals surface area (Å²) in [6, 6.07) is 12.1. The van der Waals surface area contributed by atoms with Crippen LogP contribution in [0, 0.1) is 0 Å². The van der Waals surface area contributed by atoms with Gasteiger partial charge in [-0.1, -0.05) is 6.07 Å². The van der Waals surface area contributed by atoms with Crippen molar-refractivity contribution in [1.82, 2.24) is 20.5 Å². The van der Waals surface area contributed by atoms with Gasteiger partial charge in [0.05, 0.1) is 0 Å². The third kappa shape index (κ3) is 7.48. The van der Waals surface area contributed by atoms with Crippen molar-refractivity contribution in [3.63, 3.8) is 0 Å². The summed E-state index contributed by atoms with van der Waals surface area (Å²) in [5.41, 5.74) is 0.763. The van der Waals surface area contributed by atoms with Gasteiger partial charge in [0.2, 0.25) is 5.91 Å². The van der Waals surface area contributed by atoms with E-state index in [9.17, 15) is 14.4 Å². The second-order valence-corrected chi connectivity index (χ2v) is 8.97. The molecular weight excluding hydrogens is 420 g/mol. The molecule has 1 aromatic heterocycles. The molecule has 2 heterocycles. The van der Waals surface area contributed by atoms with E-state index in [0.29, 0.717) is 24.3 Å². The Morgan fingerprint density at radius 2 is 1.67 bits per heavy atom. The van der Waals surface area contributed by atoms with Crippen LogP contribution >= 0.6 is 0 Å². The molecule has 0 spiro atoms. The number of aromatic nitrogens is 1. The van der Waals surface area contributed by atoms with E-state index in [-0.39, 0.29) is 30.3 Å². The van der Waals surface area contributed by atoms with Gasteiger partial charge in [0.1, 0.15) is 5.82 Å². The van der Waals surface area contributed by atoms with Crippen LogP contribution in [0.25, 0.3) is 0 Å². The van der Waals surface area contributed by atoms with Gasteiger partial charge >= 0.3 is 6.03 Å². The van der Waals surface area contributed by atoms with Crippen LogP contribution in [0.4, 0.5) is 16.3 Å². The Balaban J connectivity index is 1.36. The molecule has 0 bridgehead atoms. The maximum Gasteiger partial charge on any atom is 0.319 e. The molecule has 0 aliphatic carbocycles. The van der Waals surface area contributed by atoms with E-state index in [0.717, 1.165) is 18.9 Å². The van der Waals surface area contributed by atoms with Crippen LogP contribution in [-0.2, 0) is 4.79 Å². The van der Waals surface area contributed by atoms with Gasteiger partial charge in [-0.05, 0) is 57.2 Å². The molecule has 3 N–H and O–H groups in total. The van der Waals surface area contributed by atoms with E-state index < -0.39 is 6.03 Å². The van der Waals surface area contributed by atoms with E-state index in [1.54, 1.807) is 30.5 Å². The highest BCUT2D eigenvalue weighted by molar-refractivity contribution is 5.96. The lowest BCUT2D eigenvalue weighted by Crippen LogP contribution is -2.49. The molecule has 9 nitrogen and oxygen atoms in total. The van der Waals surface area contributed by atoms with Gasteiger partial charge < -0.3 is 25.8 Å². The minimum atomic E-state index is -0.394. The SMILES string of the molecule is CC(C)(C)NC(=O)c1ccc(NC(=O)NCCC(=O)N2CCN(c3ccccn3)CC2)cc1. The molecule has 176 valence electrons. The van der Waals surface area contributed by atoms with E-state index in [1.165, 1.54) is 0 Å². The minimum absolute atomic E-state index is 0.0187. The Hall–Kier alpha value is -3.62. The number of amides is 4.